The number of nitrogens with zero attached hydrogens (tertiary/aromatic N) is 6. The predicted molar refractivity (Wildman–Crippen MR) is 125 cm³/mol. The first-order chi connectivity index (χ1) is 16.4. The summed E-state index contributed by atoms with van der Waals surface area (Å²) in [6.45, 7) is 1.44. The van der Waals surface area contributed by atoms with Gasteiger partial charge < -0.3 is 31.5 Å². The van der Waals surface area contributed by atoms with Gasteiger partial charge in [-0.1, -0.05) is 0 Å². The van der Waals surface area contributed by atoms with E-state index in [4.69, 9.17) is 16.6 Å². The molecule has 0 unspecified atom stereocenters. The number of aromatic nitrogens is 4. The summed E-state index contributed by atoms with van der Waals surface area (Å²) < 4.78 is 0. The molecule has 34 heavy (non-hydrogen) atoms. The molecule has 3 heterocycles. The van der Waals surface area contributed by atoms with Gasteiger partial charge in [-0.15, -0.1) is 0 Å². The molecule has 178 valence electrons. The summed E-state index contributed by atoms with van der Waals surface area (Å²) in [5, 5.41) is 18.7. The molecular weight excluding hydrogens is 440 g/mol. The van der Waals surface area contributed by atoms with E-state index in [9.17, 15) is 14.7 Å². The minimum Gasteiger partial charge on any atom is -0.481 e. The van der Waals surface area contributed by atoms with Crippen LogP contribution < -0.4 is 16.4 Å². The van der Waals surface area contributed by atoms with Crippen LogP contribution in [0, 0.1) is 5.92 Å². The van der Waals surface area contributed by atoms with E-state index in [-0.39, 0.29) is 24.3 Å². The molecular formula is C22H26N8O4. The Morgan fingerprint density at radius 1 is 1.09 bits per heavy atom. The highest BCUT2D eigenvalue weighted by Crippen LogP contribution is 2.22. The van der Waals surface area contributed by atoms with Gasteiger partial charge >= 0.3 is 5.97 Å². The van der Waals surface area contributed by atoms with E-state index in [0.29, 0.717) is 61.4 Å². The number of carboxylic acids is 1. The molecule has 1 aliphatic heterocycles. The molecule has 0 saturated carbocycles. The number of rotatable bonds is 7. The van der Waals surface area contributed by atoms with Crippen molar-refractivity contribution < 1.29 is 19.8 Å². The second kappa shape index (κ2) is 9.83. The van der Waals surface area contributed by atoms with Crippen LogP contribution in [0.2, 0.25) is 0 Å². The number of piperidine rings is 1. The van der Waals surface area contributed by atoms with E-state index in [1.54, 1.807) is 35.4 Å². The van der Waals surface area contributed by atoms with Gasteiger partial charge in [-0.05, 0) is 37.1 Å². The Bertz CT molecular complexity index is 1200. The van der Waals surface area contributed by atoms with E-state index >= 15 is 0 Å². The lowest BCUT2D eigenvalue weighted by atomic mass is 9.96. The minimum absolute atomic E-state index is 0.0230. The molecule has 0 atom stereocenters. The van der Waals surface area contributed by atoms with Crippen molar-refractivity contribution in [2.45, 2.75) is 19.4 Å². The number of hydrogen-bond donors (Lipinski definition) is 4. The maximum absolute atomic E-state index is 12.8. The first-order valence-corrected chi connectivity index (χ1v) is 10.9. The van der Waals surface area contributed by atoms with Crippen LogP contribution in [-0.2, 0) is 11.3 Å². The summed E-state index contributed by atoms with van der Waals surface area (Å²) in [7, 11) is 0. The topological polar surface area (TPSA) is 185 Å². The van der Waals surface area contributed by atoms with Gasteiger partial charge in [0.25, 0.3) is 5.91 Å². The van der Waals surface area contributed by atoms with Gasteiger partial charge in [0, 0.05) is 30.9 Å². The SMILES string of the molecule is Nc1nc(N)c2nc(CN(CCO)c3ccc(C(=O)N4CCC(C(=O)O)CC4)cc3)cnc2n1. The standard InChI is InChI=1S/C22H26N8O4/c23-18-17-19(28-22(24)27-18)25-11-15(26-17)12-30(9-10-31)16-3-1-13(2-4-16)20(32)29-7-5-14(6-8-29)21(33)34/h1-4,11,14,31H,5-10,12H2,(H,33,34)(H4,23,24,25,27,28). The Labute approximate surface area is 195 Å². The number of carbonyl (C=O) groups is 2. The number of fused-ring (bicyclic) bond motifs is 1. The van der Waals surface area contributed by atoms with Gasteiger partial charge in [-0.25, -0.2) is 9.97 Å². The molecule has 3 aromatic rings. The Morgan fingerprint density at radius 2 is 1.79 bits per heavy atom. The largest absolute Gasteiger partial charge is 0.481 e. The summed E-state index contributed by atoms with van der Waals surface area (Å²) in [5.74, 6) is -1.17. The minimum atomic E-state index is -0.809. The number of likely N-dealkylation sites (tertiary alicyclic amines) is 1. The lowest BCUT2D eigenvalue weighted by Crippen LogP contribution is -2.40. The predicted octanol–water partition coefficient (Wildman–Crippen LogP) is 0.520. The molecule has 0 bridgehead atoms. The number of benzene rings is 1. The second-order valence-corrected chi connectivity index (χ2v) is 8.10. The monoisotopic (exact) mass is 466 g/mol. The van der Waals surface area contributed by atoms with Crippen molar-refractivity contribution >= 4 is 40.5 Å². The lowest BCUT2D eigenvalue weighted by molar-refractivity contribution is -0.143. The average molecular weight is 467 g/mol. The van der Waals surface area contributed by atoms with Gasteiger partial charge in [0.05, 0.1) is 31.0 Å². The van der Waals surface area contributed by atoms with E-state index in [2.05, 4.69) is 19.9 Å². The number of carbonyl (C=O) groups excluding carboxylic acids is 1. The molecule has 12 nitrogen and oxygen atoms in total. The molecule has 2 aromatic heterocycles. The molecule has 6 N–H and O–H groups in total. The highest BCUT2D eigenvalue weighted by molar-refractivity contribution is 5.94. The number of nitrogens with two attached hydrogens (primary N) is 2. The number of anilines is 3. The van der Waals surface area contributed by atoms with Crippen LogP contribution in [-0.4, -0.2) is 73.2 Å². The van der Waals surface area contributed by atoms with Crippen molar-refractivity contribution in [1.82, 2.24) is 24.8 Å². The fourth-order valence-corrected chi connectivity index (χ4v) is 4.00. The van der Waals surface area contributed by atoms with E-state index < -0.39 is 11.9 Å². The first-order valence-electron chi connectivity index (χ1n) is 10.9. The molecule has 0 radical (unpaired) electrons. The number of hydrogen-bond acceptors (Lipinski definition) is 10. The number of nitrogen functional groups attached to an aromatic ring is 2. The zero-order chi connectivity index (χ0) is 24.2. The highest BCUT2D eigenvalue weighted by Gasteiger charge is 2.27. The molecule has 0 spiro atoms. The number of aliphatic hydroxyl groups excluding tert-OH is 1. The van der Waals surface area contributed by atoms with E-state index in [0.717, 1.165) is 5.69 Å². The molecule has 0 aliphatic carbocycles. The molecule has 12 heteroatoms. The van der Waals surface area contributed by atoms with Gasteiger partial charge in [0.15, 0.2) is 17.0 Å². The third-order valence-corrected chi connectivity index (χ3v) is 5.83. The van der Waals surface area contributed by atoms with Crippen molar-refractivity contribution in [3.63, 3.8) is 0 Å². The summed E-state index contributed by atoms with van der Waals surface area (Å²) in [4.78, 5) is 44.2. The zero-order valence-electron chi connectivity index (χ0n) is 18.5. The molecule has 1 saturated heterocycles. The van der Waals surface area contributed by atoms with Gasteiger partial charge in [-0.3, -0.25) is 9.59 Å². The molecule has 1 aliphatic rings. The lowest BCUT2D eigenvalue weighted by Gasteiger charge is -2.30. The zero-order valence-corrected chi connectivity index (χ0v) is 18.5. The summed E-state index contributed by atoms with van der Waals surface area (Å²) in [5.41, 5.74) is 14.1. The van der Waals surface area contributed by atoms with Crippen LogP contribution in [0.4, 0.5) is 17.5 Å². The van der Waals surface area contributed by atoms with E-state index in [1.807, 2.05) is 4.90 Å². The molecule has 1 aromatic carbocycles. The number of aliphatic carboxylic acids is 1. The summed E-state index contributed by atoms with van der Waals surface area (Å²) in [6, 6.07) is 7.07. The Balaban J connectivity index is 1.48. The fourth-order valence-electron chi connectivity index (χ4n) is 4.00. The van der Waals surface area contributed by atoms with Crippen LogP contribution in [0.15, 0.2) is 30.5 Å². The second-order valence-electron chi connectivity index (χ2n) is 8.10. The van der Waals surface area contributed by atoms with Crippen LogP contribution >= 0.6 is 0 Å². The third kappa shape index (κ3) is 4.96. The number of aliphatic hydroxyl groups is 1. The molecule has 1 amide bonds. The van der Waals surface area contributed by atoms with Gasteiger partial charge in [0.1, 0.15) is 0 Å². The summed E-state index contributed by atoms with van der Waals surface area (Å²) in [6.07, 6.45) is 2.48. The molecule has 4 rings (SSSR count). The Morgan fingerprint density at radius 3 is 2.44 bits per heavy atom. The third-order valence-electron chi connectivity index (χ3n) is 5.83. The fraction of sp³-hybridized carbons (Fsp3) is 0.364. The van der Waals surface area contributed by atoms with Gasteiger partial charge in [0.2, 0.25) is 5.95 Å². The van der Waals surface area contributed by atoms with Gasteiger partial charge in [-0.2, -0.15) is 9.97 Å². The van der Waals surface area contributed by atoms with Crippen molar-refractivity contribution in [3.05, 3.63) is 41.7 Å². The normalized spacial score (nSPS) is 14.3. The quantitative estimate of drug-likeness (QED) is 0.380. The maximum atomic E-state index is 12.8. The maximum Gasteiger partial charge on any atom is 0.306 e. The Hall–Kier alpha value is -4.06. The number of amides is 1. The van der Waals surface area contributed by atoms with Crippen molar-refractivity contribution in [1.29, 1.82) is 0 Å². The average Bonchev–Trinajstić information content (AvgIpc) is 2.84. The number of carboxylic acid groups (broad SMARTS) is 1. The van der Waals surface area contributed by atoms with E-state index in [1.165, 1.54) is 0 Å². The molecule has 1 fully saturated rings. The summed E-state index contributed by atoms with van der Waals surface area (Å²) >= 11 is 0. The highest BCUT2D eigenvalue weighted by atomic mass is 16.4. The van der Waals surface area contributed by atoms with Crippen molar-refractivity contribution in [3.8, 4) is 0 Å². The van der Waals surface area contributed by atoms with Crippen LogP contribution in [0.5, 0.6) is 0 Å². The smallest absolute Gasteiger partial charge is 0.306 e. The van der Waals surface area contributed by atoms with Crippen molar-refractivity contribution in [2.24, 2.45) is 5.92 Å². The van der Waals surface area contributed by atoms with Crippen LogP contribution in [0.25, 0.3) is 11.2 Å². The van der Waals surface area contributed by atoms with Crippen LogP contribution in [0.1, 0.15) is 28.9 Å². The Kier molecular flexibility index (Phi) is 6.68. The van der Waals surface area contributed by atoms with Crippen molar-refractivity contribution in [2.75, 3.05) is 42.6 Å². The first kappa shape index (κ1) is 23.1. The van der Waals surface area contributed by atoms with Crippen LogP contribution in [0.3, 0.4) is 0 Å².